The quantitative estimate of drug-likeness (QED) is 0.739. The van der Waals surface area contributed by atoms with E-state index in [1.54, 1.807) is 18.2 Å². The van der Waals surface area contributed by atoms with Crippen LogP contribution in [0.4, 0.5) is 5.69 Å². The SMILES string of the molecule is CCOc1ccc(C(O)CN2CCN(c3ccccc3)CC2)cc1C(N)=O.Cl. The summed E-state index contributed by atoms with van der Waals surface area (Å²) in [6.45, 7) is 6.43. The first-order chi connectivity index (χ1) is 13.1. The molecule has 1 amide bonds. The van der Waals surface area contributed by atoms with Gasteiger partial charge in [0, 0.05) is 38.4 Å². The smallest absolute Gasteiger partial charge is 0.252 e. The molecule has 0 bridgehead atoms. The molecule has 1 heterocycles. The maximum Gasteiger partial charge on any atom is 0.252 e. The monoisotopic (exact) mass is 405 g/mol. The number of nitrogens with two attached hydrogens (primary N) is 1. The first-order valence-corrected chi connectivity index (χ1v) is 9.35. The molecule has 2 aromatic carbocycles. The summed E-state index contributed by atoms with van der Waals surface area (Å²) in [6.07, 6.45) is -0.679. The van der Waals surface area contributed by atoms with Crippen molar-refractivity contribution in [3.8, 4) is 5.75 Å². The van der Waals surface area contributed by atoms with Gasteiger partial charge in [-0.05, 0) is 36.8 Å². The first-order valence-electron chi connectivity index (χ1n) is 9.35. The highest BCUT2D eigenvalue weighted by Crippen LogP contribution is 2.25. The number of hydrogen-bond donors (Lipinski definition) is 2. The Balaban J connectivity index is 0.00000280. The Labute approximate surface area is 172 Å². The van der Waals surface area contributed by atoms with Crippen LogP contribution < -0.4 is 15.4 Å². The van der Waals surface area contributed by atoms with Crippen LogP contribution in [0, 0.1) is 0 Å². The van der Waals surface area contributed by atoms with Crippen molar-refractivity contribution in [2.45, 2.75) is 13.0 Å². The second-order valence-electron chi connectivity index (χ2n) is 6.69. The second kappa shape index (κ2) is 10.3. The summed E-state index contributed by atoms with van der Waals surface area (Å²) in [5, 5.41) is 10.6. The molecule has 0 aromatic heterocycles. The Bertz CT molecular complexity index is 765. The molecule has 3 N–H and O–H groups in total. The molecular formula is C21H28ClN3O3. The molecule has 1 atom stereocenters. The molecule has 1 aliphatic heterocycles. The lowest BCUT2D eigenvalue weighted by Crippen LogP contribution is -2.47. The van der Waals surface area contributed by atoms with Crippen molar-refractivity contribution in [2.24, 2.45) is 5.73 Å². The van der Waals surface area contributed by atoms with E-state index < -0.39 is 12.0 Å². The molecule has 6 nitrogen and oxygen atoms in total. The molecular weight excluding hydrogens is 378 g/mol. The highest BCUT2D eigenvalue weighted by molar-refractivity contribution is 5.95. The molecule has 1 unspecified atom stereocenters. The largest absolute Gasteiger partial charge is 0.493 e. The van der Waals surface area contributed by atoms with Crippen LogP contribution in [0.25, 0.3) is 0 Å². The number of aliphatic hydroxyl groups excluding tert-OH is 1. The number of amides is 1. The zero-order valence-corrected chi connectivity index (χ0v) is 16.9. The van der Waals surface area contributed by atoms with Crippen LogP contribution in [0.15, 0.2) is 48.5 Å². The standard InChI is InChI=1S/C21H27N3O3.ClH/c1-2-27-20-9-8-16(14-18(20)21(22)26)19(25)15-23-10-12-24(13-11-23)17-6-4-3-5-7-17;/h3-9,14,19,25H,2,10-13,15H2,1H3,(H2,22,26);1H. The molecule has 0 spiro atoms. The number of carbonyl (C=O) groups excluding carboxylic acids is 1. The van der Waals surface area contributed by atoms with Crippen LogP contribution in [0.3, 0.4) is 0 Å². The van der Waals surface area contributed by atoms with E-state index in [9.17, 15) is 9.90 Å². The third-order valence-corrected chi connectivity index (χ3v) is 4.88. The molecule has 1 aliphatic rings. The van der Waals surface area contributed by atoms with Gasteiger partial charge >= 0.3 is 0 Å². The lowest BCUT2D eigenvalue weighted by Gasteiger charge is -2.37. The van der Waals surface area contributed by atoms with E-state index in [2.05, 4.69) is 21.9 Å². The van der Waals surface area contributed by atoms with Gasteiger partial charge in [0.15, 0.2) is 0 Å². The van der Waals surface area contributed by atoms with Crippen molar-refractivity contribution >= 4 is 24.0 Å². The second-order valence-corrected chi connectivity index (χ2v) is 6.69. The van der Waals surface area contributed by atoms with Crippen LogP contribution in [-0.4, -0.2) is 55.2 Å². The van der Waals surface area contributed by atoms with Gasteiger partial charge in [-0.25, -0.2) is 0 Å². The molecule has 7 heteroatoms. The number of primary amides is 1. The maximum absolute atomic E-state index is 11.7. The number of hydrogen-bond acceptors (Lipinski definition) is 5. The number of β-amino-alcohol motifs (C(OH)–C–C–N with tert-alkyl or cyclic N) is 1. The van der Waals surface area contributed by atoms with E-state index in [1.807, 2.05) is 25.1 Å². The van der Waals surface area contributed by atoms with Crippen molar-refractivity contribution in [3.63, 3.8) is 0 Å². The van der Waals surface area contributed by atoms with E-state index in [0.29, 0.717) is 30.0 Å². The number of piperazine rings is 1. The number of benzene rings is 2. The lowest BCUT2D eigenvalue weighted by molar-refractivity contribution is 0.0994. The number of carbonyl (C=O) groups is 1. The van der Waals surface area contributed by atoms with Crippen molar-refractivity contribution in [2.75, 3.05) is 44.2 Å². The number of anilines is 1. The van der Waals surface area contributed by atoms with Gasteiger partial charge in [-0.3, -0.25) is 9.69 Å². The summed E-state index contributed by atoms with van der Waals surface area (Å²) in [6, 6.07) is 15.5. The van der Waals surface area contributed by atoms with Gasteiger partial charge in [-0.2, -0.15) is 0 Å². The minimum Gasteiger partial charge on any atom is -0.493 e. The average Bonchev–Trinajstić information content (AvgIpc) is 2.69. The van der Waals surface area contributed by atoms with E-state index >= 15 is 0 Å². The normalized spacial score (nSPS) is 15.6. The Morgan fingerprint density at radius 3 is 2.43 bits per heavy atom. The van der Waals surface area contributed by atoms with Gasteiger partial charge in [-0.15, -0.1) is 12.4 Å². The lowest BCUT2D eigenvalue weighted by atomic mass is 10.0. The highest BCUT2D eigenvalue weighted by Gasteiger charge is 2.21. The molecule has 0 radical (unpaired) electrons. The van der Waals surface area contributed by atoms with Crippen LogP contribution in [-0.2, 0) is 0 Å². The first kappa shape index (κ1) is 22.0. The van der Waals surface area contributed by atoms with E-state index in [4.69, 9.17) is 10.5 Å². The fourth-order valence-electron chi connectivity index (χ4n) is 3.41. The number of para-hydroxylation sites is 1. The fourth-order valence-corrected chi connectivity index (χ4v) is 3.41. The number of nitrogens with zero attached hydrogens (tertiary/aromatic N) is 2. The van der Waals surface area contributed by atoms with Gasteiger partial charge in [0.2, 0.25) is 0 Å². The van der Waals surface area contributed by atoms with Crippen molar-refractivity contribution < 1.29 is 14.6 Å². The molecule has 28 heavy (non-hydrogen) atoms. The molecule has 2 aromatic rings. The average molecular weight is 406 g/mol. The zero-order chi connectivity index (χ0) is 19.2. The minimum absolute atomic E-state index is 0. The van der Waals surface area contributed by atoms with Crippen LogP contribution >= 0.6 is 12.4 Å². The number of aliphatic hydroxyl groups is 1. The van der Waals surface area contributed by atoms with Gasteiger partial charge in [0.1, 0.15) is 5.75 Å². The van der Waals surface area contributed by atoms with Crippen molar-refractivity contribution in [3.05, 3.63) is 59.7 Å². The predicted octanol–water partition coefficient (Wildman–Crippen LogP) is 2.46. The minimum atomic E-state index is -0.679. The molecule has 152 valence electrons. The molecule has 0 aliphatic carbocycles. The summed E-state index contributed by atoms with van der Waals surface area (Å²) in [5.41, 5.74) is 7.67. The number of halogens is 1. The molecule has 1 fully saturated rings. The van der Waals surface area contributed by atoms with Gasteiger partial charge < -0.3 is 20.5 Å². The van der Waals surface area contributed by atoms with Crippen LogP contribution in [0.1, 0.15) is 28.9 Å². The third kappa shape index (κ3) is 5.38. The summed E-state index contributed by atoms with van der Waals surface area (Å²) in [4.78, 5) is 16.3. The predicted molar refractivity (Wildman–Crippen MR) is 113 cm³/mol. The Morgan fingerprint density at radius 1 is 1.14 bits per heavy atom. The fraction of sp³-hybridized carbons (Fsp3) is 0.381. The zero-order valence-electron chi connectivity index (χ0n) is 16.1. The summed E-state index contributed by atoms with van der Waals surface area (Å²) in [7, 11) is 0. The van der Waals surface area contributed by atoms with Crippen molar-refractivity contribution in [1.82, 2.24) is 4.90 Å². The van der Waals surface area contributed by atoms with Gasteiger partial charge in [0.25, 0.3) is 5.91 Å². The van der Waals surface area contributed by atoms with Gasteiger partial charge in [-0.1, -0.05) is 24.3 Å². The highest BCUT2D eigenvalue weighted by atomic mass is 35.5. The summed E-state index contributed by atoms with van der Waals surface area (Å²) >= 11 is 0. The van der Waals surface area contributed by atoms with E-state index in [1.165, 1.54) is 5.69 Å². The number of ether oxygens (including phenoxy) is 1. The summed E-state index contributed by atoms with van der Waals surface area (Å²) in [5.74, 6) is -0.0959. The Kier molecular flexibility index (Phi) is 8.11. The topological polar surface area (TPSA) is 79.0 Å². The number of rotatable bonds is 7. The van der Waals surface area contributed by atoms with E-state index in [-0.39, 0.29) is 12.4 Å². The maximum atomic E-state index is 11.7. The third-order valence-electron chi connectivity index (χ3n) is 4.88. The Hall–Kier alpha value is -2.28. The van der Waals surface area contributed by atoms with E-state index in [0.717, 1.165) is 26.2 Å². The van der Waals surface area contributed by atoms with Crippen LogP contribution in [0.2, 0.25) is 0 Å². The Morgan fingerprint density at radius 2 is 1.82 bits per heavy atom. The van der Waals surface area contributed by atoms with Crippen LogP contribution in [0.5, 0.6) is 5.75 Å². The summed E-state index contributed by atoms with van der Waals surface area (Å²) < 4.78 is 5.44. The molecule has 1 saturated heterocycles. The van der Waals surface area contributed by atoms with Crippen molar-refractivity contribution in [1.29, 1.82) is 0 Å². The molecule has 3 rings (SSSR count). The molecule has 0 saturated carbocycles. The van der Waals surface area contributed by atoms with Gasteiger partial charge in [0.05, 0.1) is 18.3 Å².